The molecule has 0 saturated carbocycles. The van der Waals surface area contributed by atoms with Crippen molar-refractivity contribution in [3.63, 3.8) is 0 Å². The lowest BCUT2D eigenvalue weighted by atomic mass is 10.1. The van der Waals surface area contributed by atoms with E-state index in [2.05, 4.69) is 0 Å². The van der Waals surface area contributed by atoms with Crippen molar-refractivity contribution in [2.24, 2.45) is 5.73 Å². The molecule has 1 aromatic carbocycles. The number of ether oxygens (including phenoxy) is 1. The summed E-state index contributed by atoms with van der Waals surface area (Å²) in [6.07, 6.45) is 0.981. The lowest BCUT2D eigenvalue weighted by Crippen LogP contribution is -2.71. The molecule has 2 N–H and O–H groups in total. The molecule has 1 fully saturated rings. The van der Waals surface area contributed by atoms with Crippen molar-refractivity contribution in [2.45, 2.75) is 31.9 Å². The van der Waals surface area contributed by atoms with E-state index in [4.69, 9.17) is 10.5 Å². The molecule has 0 aliphatic carbocycles. The molecule has 0 aromatic heterocycles. The molecule has 7 nitrogen and oxygen atoms in total. The van der Waals surface area contributed by atoms with Crippen molar-refractivity contribution in [1.29, 1.82) is 0 Å². The molecular formula is C16H20N2O5S. The quantitative estimate of drug-likeness (QED) is 0.471. The van der Waals surface area contributed by atoms with Gasteiger partial charge in [-0.15, -0.1) is 0 Å². The average molecular weight is 352 g/mol. The molecule has 1 aliphatic rings. The maximum atomic E-state index is 12.4. The number of amides is 1. The van der Waals surface area contributed by atoms with E-state index in [0.717, 1.165) is 16.7 Å². The second kappa shape index (κ2) is 6.74. The number of benzene rings is 1. The fourth-order valence-corrected chi connectivity index (χ4v) is 3.76. The molecule has 1 heterocycles. The first kappa shape index (κ1) is 18.2. The lowest BCUT2D eigenvalue weighted by molar-refractivity contribution is -0.151. The van der Waals surface area contributed by atoms with Crippen LogP contribution in [0.25, 0.3) is 0 Å². The van der Waals surface area contributed by atoms with E-state index < -0.39 is 33.1 Å². The van der Waals surface area contributed by atoms with Crippen LogP contribution in [0.5, 0.6) is 0 Å². The summed E-state index contributed by atoms with van der Waals surface area (Å²) in [5, 5.41) is -1.25. The van der Waals surface area contributed by atoms with Gasteiger partial charge in [-0.1, -0.05) is 30.3 Å². The Labute approximate surface area is 141 Å². The van der Waals surface area contributed by atoms with Crippen LogP contribution in [0.15, 0.2) is 41.6 Å². The van der Waals surface area contributed by atoms with Gasteiger partial charge in [-0.05, 0) is 25.0 Å². The molecule has 130 valence electrons. The van der Waals surface area contributed by atoms with Gasteiger partial charge in [-0.3, -0.25) is 9.69 Å². The Morgan fingerprint density at radius 1 is 1.25 bits per heavy atom. The van der Waals surface area contributed by atoms with Crippen LogP contribution in [0.4, 0.5) is 0 Å². The Morgan fingerprint density at radius 2 is 1.83 bits per heavy atom. The van der Waals surface area contributed by atoms with Crippen LogP contribution in [-0.4, -0.2) is 42.9 Å². The Balaban J connectivity index is 2.22. The number of esters is 1. The summed E-state index contributed by atoms with van der Waals surface area (Å²) in [7, 11) is -3.64. The molecular weight excluding hydrogens is 332 g/mol. The first-order valence-corrected chi connectivity index (χ1v) is 9.26. The normalized spacial score (nSPS) is 20.3. The third kappa shape index (κ3) is 3.49. The third-order valence-electron chi connectivity index (χ3n) is 3.64. The van der Waals surface area contributed by atoms with Gasteiger partial charge in [0, 0.05) is 6.26 Å². The fourth-order valence-electron chi connectivity index (χ4n) is 2.52. The Kier molecular flexibility index (Phi) is 5.10. The average Bonchev–Trinajstić information content (AvgIpc) is 2.51. The second-order valence-corrected chi connectivity index (χ2v) is 8.01. The zero-order chi connectivity index (χ0) is 18.1. The molecule has 1 amide bonds. The van der Waals surface area contributed by atoms with E-state index >= 15 is 0 Å². The van der Waals surface area contributed by atoms with Crippen LogP contribution in [0, 0.1) is 0 Å². The standard InChI is InChI=1S/C16H20N2O5S/c1-10(2)13(16(20)23-9-11-7-5-4-6-8-11)18-14(19)12(17)15(18)24(3,21)22/h4-8,12,15H,9,17H2,1-3H3/t12-,15-/m1/s1. The van der Waals surface area contributed by atoms with E-state index in [1.807, 2.05) is 18.2 Å². The van der Waals surface area contributed by atoms with Crippen LogP contribution >= 0.6 is 0 Å². The van der Waals surface area contributed by atoms with Crippen molar-refractivity contribution in [1.82, 2.24) is 4.90 Å². The summed E-state index contributed by atoms with van der Waals surface area (Å²) < 4.78 is 28.9. The summed E-state index contributed by atoms with van der Waals surface area (Å²) in [6.45, 7) is 3.24. The van der Waals surface area contributed by atoms with Crippen LogP contribution in [0.2, 0.25) is 0 Å². The number of sulfone groups is 1. The molecule has 8 heteroatoms. The van der Waals surface area contributed by atoms with Gasteiger partial charge in [0.2, 0.25) is 5.91 Å². The molecule has 24 heavy (non-hydrogen) atoms. The highest BCUT2D eigenvalue weighted by molar-refractivity contribution is 7.91. The third-order valence-corrected chi connectivity index (χ3v) is 5.02. The number of hydrogen-bond donors (Lipinski definition) is 1. The summed E-state index contributed by atoms with van der Waals surface area (Å²) >= 11 is 0. The van der Waals surface area contributed by atoms with Gasteiger partial charge < -0.3 is 10.5 Å². The smallest absolute Gasteiger partial charge is 0.355 e. The monoisotopic (exact) mass is 352 g/mol. The minimum absolute atomic E-state index is 0.0219. The Morgan fingerprint density at radius 3 is 2.33 bits per heavy atom. The number of allylic oxidation sites excluding steroid dienone is 1. The molecule has 2 rings (SSSR count). The van der Waals surface area contributed by atoms with Crippen LogP contribution in [0.3, 0.4) is 0 Å². The Bertz CT molecular complexity index is 782. The Hall–Kier alpha value is -2.19. The molecule has 1 saturated heterocycles. The molecule has 2 atom stereocenters. The van der Waals surface area contributed by atoms with Gasteiger partial charge >= 0.3 is 5.97 Å². The van der Waals surface area contributed by atoms with Gasteiger partial charge in [-0.2, -0.15) is 0 Å². The fraction of sp³-hybridized carbons (Fsp3) is 0.375. The van der Waals surface area contributed by atoms with Crippen molar-refractivity contribution in [3.05, 3.63) is 47.2 Å². The summed E-state index contributed by atoms with van der Waals surface area (Å²) in [5.74, 6) is -1.37. The van der Waals surface area contributed by atoms with E-state index in [1.54, 1.807) is 26.0 Å². The van der Waals surface area contributed by atoms with E-state index in [1.165, 1.54) is 0 Å². The number of nitrogens with zero attached hydrogens (tertiary/aromatic N) is 1. The van der Waals surface area contributed by atoms with Crippen molar-refractivity contribution >= 4 is 21.7 Å². The topological polar surface area (TPSA) is 107 Å². The van der Waals surface area contributed by atoms with Gasteiger partial charge in [0.05, 0.1) is 0 Å². The molecule has 0 spiro atoms. The SMILES string of the molecule is CC(C)=C(C(=O)OCc1ccccc1)N1C(=O)[C@@H](N)[C@H]1S(C)(=O)=O. The highest BCUT2D eigenvalue weighted by Gasteiger charge is 2.54. The second-order valence-electron chi connectivity index (χ2n) is 5.86. The predicted octanol–water partition coefficient (Wildman–Crippen LogP) is 0.564. The summed E-state index contributed by atoms with van der Waals surface area (Å²) in [5.41, 5.74) is 6.78. The molecule has 0 unspecified atom stereocenters. The van der Waals surface area contributed by atoms with Crippen LogP contribution < -0.4 is 5.73 Å². The van der Waals surface area contributed by atoms with Crippen molar-refractivity contribution in [2.75, 3.05) is 6.26 Å². The van der Waals surface area contributed by atoms with E-state index in [9.17, 15) is 18.0 Å². The maximum Gasteiger partial charge on any atom is 0.355 e. The number of β-lactam (4-membered cyclic amide) rings is 1. The first-order valence-electron chi connectivity index (χ1n) is 7.30. The van der Waals surface area contributed by atoms with Crippen LogP contribution in [-0.2, 0) is 30.8 Å². The minimum Gasteiger partial charge on any atom is -0.456 e. The number of likely N-dealkylation sites (tertiary alicyclic amines) is 1. The number of rotatable bonds is 5. The van der Waals surface area contributed by atoms with E-state index in [-0.39, 0.29) is 12.3 Å². The van der Waals surface area contributed by atoms with Gasteiger partial charge in [-0.25, -0.2) is 13.2 Å². The zero-order valence-electron chi connectivity index (χ0n) is 13.7. The molecule has 1 aromatic rings. The van der Waals surface area contributed by atoms with Crippen LogP contribution in [0.1, 0.15) is 19.4 Å². The minimum atomic E-state index is -3.64. The summed E-state index contributed by atoms with van der Waals surface area (Å²) in [4.78, 5) is 25.4. The van der Waals surface area contributed by atoms with Gasteiger partial charge in [0.15, 0.2) is 15.2 Å². The molecule has 1 aliphatic heterocycles. The number of carbonyl (C=O) groups excluding carboxylic acids is 2. The first-order chi connectivity index (χ1) is 11.1. The molecule has 0 bridgehead atoms. The highest BCUT2D eigenvalue weighted by Crippen LogP contribution is 2.30. The number of carbonyl (C=O) groups is 2. The molecule has 0 radical (unpaired) electrons. The van der Waals surface area contributed by atoms with Crippen molar-refractivity contribution in [3.8, 4) is 0 Å². The zero-order valence-corrected chi connectivity index (χ0v) is 14.5. The summed E-state index contributed by atoms with van der Waals surface area (Å²) in [6, 6.07) is 7.87. The van der Waals surface area contributed by atoms with E-state index in [0.29, 0.717) is 5.57 Å². The maximum absolute atomic E-state index is 12.4. The number of hydrogen-bond acceptors (Lipinski definition) is 6. The van der Waals surface area contributed by atoms with Gasteiger partial charge in [0.25, 0.3) is 0 Å². The highest BCUT2D eigenvalue weighted by atomic mass is 32.2. The van der Waals surface area contributed by atoms with Crippen molar-refractivity contribution < 1.29 is 22.7 Å². The lowest BCUT2D eigenvalue weighted by Gasteiger charge is -2.44. The predicted molar refractivity (Wildman–Crippen MR) is 88.1 cm³/mol. The van der Waals surface area contributed by atoms with Gasteiger partial charge in [0.1, 0.15) is 18.3 Å². The number of nitrogens with two attached hydrogens (primary N) is 1. The largest absolute Gasteiger partial charge is 0.456 e.